The summed E-state index contributed by atoms with van der Waals surface area (Å²) in [6.45, 7) is 11.0. The Labute approximate surface area is 93.7 Å². The van der Waals surface area contributed by atoms with Crippen LogP contribution in [0.15, 0.2) is 18.3 Å². The van der Waals surface area contributed by atoms with Crippen molar-refractivity contribution in [3.8, 4) is 0 Å². The zero-order valence-electron chi connectivity index (χ0n) is 10.5. The Morgan fingerprint density at radius 1 is 1.33 bits per heavy atom. The molecule has 86 valence electrons. The first-order valence-corrected chi connectivity index (χ1v) is 5.98. The fourth-order valence-corrected chi connectivity index (χ4v) is 1.52. The van der Waals surface area contributed by atoms with E-state index in [1.807, 2.05) is 0 Å². The molecule has 0 aliphatic carbocycles. The number of nitrogens with one attached hydrogen (secondary N) is 1. The van der Waals surface area contributed by atoms with E-state index in [1.165, 1.54) is 12.1 Å². The monoisotopic (exact) mass is 208 g/mol. The van der Waals surface area contributed by atoms with Crippen LogP contribution in [0.25, 0.3) is 0 Å². The topological polar surface area (TPSA) is 17.0 Å². The van der Waals surface area contributed by atoms with Crippen molar-refractivity contribution in [1.82, 2.24) is 9.88 Å². The summed E-state index contributed by atoms with van der Waals surface area (Å²) in [4.78, 5) is 0. The number of nitrogens with zero attached hydrogens (tertiary/aromatic N) is 1. The second-order valence-electron chi connectivity index (χ2n) is 4.78. The highest BCUT2D eigenvalue weighted by Gasteiger charge is 2.13. The predicted molar refractivity (Wildman–Crippen MR) is 65.9 cm³/mol. The Morgan fingerprint density at radius 2 is 2.07 bits per heavy atom. The van der Waals surface area contributed by atoms with Gasteiger partial charge in [0.25, 0.3) is 0 Å². The molecule has 1 aromatic heterocycles. The van der Waals surface area contributed by atoms with Crippen molar-refractivity contribution in [3.63, 3.8) is 0 Å². The Bertz CT molecular complexity index is 286. The number of hydrogen-bond donors (Lipinski definition) is 1. The van der Waals surface area contributed by atoms with Crippen molar-refractivity contribution in [2.75, 3.05) is 0 Å². The molecule has 0 spiro atoms. The quantitative estimate of drug-likeness (QED) is 0.760. The van der Waals surface area contributed by atoms with Gasteiger partial charge in [-0.1, -0.05) is 13.8 Å². The third-order valence-electron chi connectivity index (χ3n) is 3.02. The Hall–Kier alpha value is -0.760. The first kappa shape index (κ1) is 12.3. The minimum atomic E-state index is 0.237. The molecule has 0 aliphatic heterocycles. The highest BCUT2D eigenvalue weighted by atomic mass is 15.0. The lowest BCUT2D eigenvalue weighted by atomic mass is 10.0. The third kappa shape index (κ3) is 3.71. The van der Waals surface area contributed by atoms with E-state index < -0.39 is 0 Å². The number of aromatic nitrogens is 1. The van der Waals surface area contributed by atoms with Crippen molar-refractivity contribution in [2.24, 2.45) is 0 Å². The number of rotatable bonds is 6. The molecule has 0 atom stereocenters. The maximum absolute atomic E-state index is 3.59. The normalized spacial score (nSPS) is 12.0. The molecule has 0 bridgehead atoms. The Morgan fingerprint density at radius 3 is 2.67 bits per heavy atom. The Kier molecular flexibility index (Phi) is 4.40. The standard InChI is InChI=1S/C13H24N2/c1-5-9-15-10-7-8-12(15)11-14-13(3,4)6-2/h7-8,10,14H,5-6,9,11H2,1-4H3. The highest BCUT2D eigenvalue weighted by Crippen LogP contribution is 2.10. The smallest absolute Gasteiger partial charge is 0.0363 e. The molecule has 0 unspecified atom stereocenters. The van der Waals surface area contributed by atoms with E-state index in [1.54, 1.807) is 0 Å². The van der Waals surface area contributed by atoms with Crippen molar-refractivity contribution < 1.29 is 0 Å². The van der Waals surface area contributed by atoms with Crippen molar-refractivity contribution in [3.05, 3.63) is 24.0 Å². The van der Waals surface area contributed by atoms with Crippen LogP contribution in [0.5, 0.6) is 0 Å². The van der Waals surface area contributed by atoms with Crippen molar-refractivity contribution >= 4 is 0 Å². The van der Waals surface area contributed by atoms with Gasteiger partial charge >= 0.3 is 0 Å². The molecule has 0 aliphatic rings. The van der Waals surface area contributed by atoms with Gasteiger partial charge in [0.1, 0.15) is 0 Å². The molecular weight excluding hydrogens is 184 g/mol. The minimum Gasteiger partial charge on any atom is -0.350 e. The van der Waals surface area contributed by atoms with Gasteiger partial charge in [-0.05, 0) is 38.8 Å². The van der Waals surface area contributed by atoms with E-state index in [-0.39, 0.29) is 5.54 Å². The molecular formula is C13H24N2. The molecule has 0 fully saturated rings. The van der Waals surface area contributed by atoms with Crippen LogP contribution < -0.4 is 5.32 Å². The van der Waals surface area contributed by atoms with E-state index >= 15 is 0 Å². The zero-order valence-corrected chi connectivity index (χ0v) is 10.5. The second kappa shape index (κ2) is 5.36. The fourth-order valence-electron chi connectivity index (χ4n) is 1.52. The largest absolute Gasteiger partial charge is 0.350 e. The fraction of sp³-hybridized carbons (Fsp3) is 0.692. The van der Waals surface area contributed by atoms with E-state index in [0.29, 0.717) is 0 Å². The summed E-state index contributed by atoms with van der Waals surface area (Å²) in [6.07, 6.45) is 4.51. The van der Waals surface area contributed by atoms with Crippen LogP contribution in [-0.2, 0) is 13.1 Å². The lowest BCUT2D eigenvalue weighted by Crippen LogP contribution is -2.38. The second-order valence-corrected chi connectivity index (χ2v) is 4.78. The van der Waals surface area contributed by atoms with Gasteiger partial charge in [-0.25, -0.2) is 0 Å². The third-order valence-corrected chi connectivity index (χ3v) is 3.02. The SMILES string of the molecule is CCCn1cccc1CNC(C)(C)CC. The van der Waals surface area contributed by atoms with Gasteiger partial charge in [-0.2, -0.15) is 0 Å². The minimum absolute atomic E-state index is 0.237. The van der Waals surface area contributed by atoms with E-state index in [2.05, 4.69) is 55.9 Å². The predicted octanol–water partition coefficient (Wildman–Crippen LogP) is 3.18. The average Bonchev–Trinajstić information content (AvgIpc) is 2.64. The van der Waals surface area contributed by atoms with E-state index in [9.17, 15) is 0 Å². The summed E-state index contributed by atoms with van der Waals surface area (Å²) in [7, 11) is 0. The average molecular weight is 208 g/mol. The van der Waals surface area contributed by atoms with Crippen molar-refractivity contribution in [1.29, 1.82) is 0 Å². The molecule has 15 heavy (non-hydrogen) atoms. The van der Waals surface area contributed by atoms with Gasteiger partial charge in [0.05, 0.1) is 0 Å². The van der Waals surface area contributed by atoms with E-state index in [0.717, 1.165) is 19.5 Å². The van der Waals surface area contributed by atoms with Gasteiger partial charge in [-0.15, -0.1) is 0 Å². The zero-order chi connectivity index (χ0) is 11.3. The molecule has 1 N–H and O–H groups in total. The number of hydrogen-bond acceptors (Lipinski definition) is 1. The summed E-state index contributed by atoms with van der Waals surface area (Å²) in [5.74, 6) is 0. The van der Waals surface area contributed by atoms with Gasteiger partial charge in [0.15, 0.2) is 0 Å². The maximum atomic E-state index is 3.59. The van der Waals surface area contributed by atoms with Gasteiger partial charge < -0.3 is 9.88 Å². The summed E-state index contributed by atoms with van der Waals surface area (Å²) in [5, 5.41) is 3.59. The summed E-state index contributed by atoms with van der Waals surface area (Å²) >= 11 is 0. The maximum Gasteiger partial charge on any atom is 0.0363 e. The van der Waals surface area contributed by atoms with Crippen LogP contribution in [0.4, 0.5) is 0 Å². The number of aryl methyl sites for hydroxylation is 1. The van der Waals surface area contributed by atoms with Crippen molar-refractivity contribution in [2.45, 2.75) is 59.2 Å². The first-order valence-electron chi connectivity index (χ1n) is 5.98. The molecule has 0 aromatic carbocycles. The molecule has 0 amide bonds. The molecule has 2 nitrogen and oxygen atoms in total. The summed E-state index contributed by atoms with van der Waals surface area (Å²) < 4.78 is 2.33. The molecule has 0 saturated heterocycles. The summed E-state index contributed by atoms with van der Waals surface area (Å²) in [6, 6.07) is 4.33. The van der Waals surface area contributed by atoms with Crippen LogP contribution in [0.2, 0.25) is 0 Å². The van der Waals surface area contributed by atoms with Crippen LogP contribution in [-0.4, -0.2) is 10.1 Å². The lowest BCUT2D eigenvalue weighted by Gasteiger charge is -2.25. The van der Waals surface area contributed by atoms with Gasteiger partial charge in [0.2, 0.25) is 0 Å². The van der Waals surface area contributed by atoms with E-state index in [4.69, 9.17) is 0 Å². The molecule has 2 heteroatoms. The molecule has 1 rings (SSSR count). The molecule has 0 radical (unpaired) electrons. The van der Waals surface area contributed by atoms with Crippen LogP contribution in [0, 0.1) is 0 Å². The van der Waals surface area contributed by atoms with Crippen LogP contribution >= 0.6 is 0 Å². The van der Waals surface area contributed by atoms with Crippen LogP contribution in [0.3, 0.4) is 0 Å². The molecule has 0 saturated carbocycles. The summed E-state index contributed by atoms with van der Waals surface area (Å²) in [5.41, 5.74) is 1.62. The molecule has 1 heterocycles. The van der Waals surface area contributed by atoms with Gasteiger partial charge in [0, 0.05) is 30.5 Å². The van der Waals surface area contributed by atoms with Gasteiger partial charge in [-0.3, -0.25) is 0 Å². The Balaban J connectivity index is 2.53. The lowest BCUT2D eigenvalue weighted by molar-refractivity contribution is 0.368. The highest BCUT2D eigenvalue weighted by molar-refractivity contribution is 5.07. The molecule has 1 aromatic rings. The van der Waals surface area contributed by atoms with Crippen LogP contribution in [0.1, 0.15) is 46.2 Å². The first-order chi connectivity index (χ1) is 7.09.